The van der Waals surface area contributed by atoms with Gasteiger partial charge in [-0.3, -0.25) is 9.52 Å². The number of hydrogen-bond donors (Lipinski definition) is 2. The predicted octanol–water partition coefficient (Wildman–Crippen LogP) is 2.24. The van der Waals surface area contributed by atoms with E-state index in [4.69, 9.17) is 17.3 Å². The van der Waals surface area contributed by atoms with Crippen LogP contribution in [-0.2, 0) is 10.0 Å². The Kier molecular flexibility index (Phi) is 3.96. The lowest BCUT2D eigenvalue weighted by molar-refractivity contribution is 0.100. The lowest BCUT2D eigenvalue weighted by Crippen LogP contribution is -2.15. The van der Waals surface area contributed by atoms with Gasteiger partial charge in [-0.15, -0.1) is 0 Å². The van der Waals surface area contributed by atoms with Gasteiger partial charge in [-0.05, 0) is 36.4 Å². The van der Waals surface area contributed by atoms with Gasteiger partial charge in [0.05, 0.1) is 4.90 Å². The minimum absolute atomic E-state index is 0.0366. The summed E-state index contributed by atoms with van der Waals surface area (Å²) < 4.78 is 26.7. The number of sulfonamides is 1. The minimum Gasteiger partial charge on any atom is -0.366 e. The standard InChI is InChI=1S/C13H11ClN2O3S/c14-10-4-2-6-12(8-10)20(18,19)16-11-5-1-3-9(7-11)13(15)17/h1-8,16H,(H2,15,17). The molecule has 0 saturated heterocycles. The van der Waals surface area contributed by atoms with Gasteiger partial charge < -0.3 is 5.73 Å². The van der Waals surface area contributed by atoms with E-state index in [1.165, 1.54) is 42.5 Å². The lowest BCUT2D eigenvalue weighted by atomic mass is 10.2. The van der Waals surface area contributed by atoms with E-state index in [-0.39, 0.29) is 16.1 Å². The summed E-state index contributed by atoms with van der Waals surface area (Å²) in [7, 11) is -3.76. The van der Waals surface area contributed by atoms with Gasteiger partial charge in [-0.25, -0.2) is 8.42 Å². The molecule has 0 aliphatic carbocycles. The average molecular weight is 311 g/mol. The van der Waals surface area contributed by atoms with Crippen LogP contribution in [-0.4, -0.2) is 14.3 Å². The monoisotopic (exact) mass is 310 g/mol. The van der Waals surface area contributed by atoms with Crippen molar-refractivity contribution >= 4 is 33.2 Å². The second-order valence-corrected chi connectivity index (χ2v) is 6.13. The Morgan fingerprint density at radius 3 is 2.45 bits per heavy atom. The Bertz CT molecular complexity index is 760. The Labute approximate surface area is 121 Å². The first kappa shape index (κ1) is 14.4. The minimum atomic E-state index is -3.76. The van der Waals surface area contributed by atoms with Crippen molar-refractivity contribution in [3.63, 3.8) is 0 Å². The maximum absolute atomic E-state index is 12.1. The molecule has 5 nitrogen and oxygen atoms in total. The summed E-state index contributed by atoms with van der Waals surface area (Å²) in [6.07, 6.45) is 0. The molecule has 2 aromatic rings. The summed E-state index contributed by atoms with van der Waals surface area (Å²) in [4.78, 5) is 11.1. The molecule has 2 rings (SSSR count). The van der Waals surface area contributed by atoms with Crippen LogP contribution in [0.5, 0.6) is 0 Å². The second-order valence-electron chi connectivity index (χ2n) is 4.01. The summed E-state index contributed by atoms with van der Waals surface area (Å²) >= 11 is 5.77. The molecule has 2 aromatic carbocycles. The van der Waals surface area contributed by atoms with Crippen LogP contribution in [0.2, 0.25) is 5.02 Å². The molecule has 0 aliphatic rings. The zero-order valence-electron chi connectivity index (χ0n) is 10.2. The number of carbonyl (C=O) groups is 1. The Balaban J connectivity index is 2.33. The van der Waals surface area contributed by atoms with E-state index in [9.17, 15) is 13.2 Å². The molecule has 0 saturated carbocycles. The van der Waals surface area contributed by atoms with Crippen LogP contribution >= 0.6 is 11.6 Å². The van der Waals surface area contributed by atoms with Crippen molar-refractivity contribution in [3.05, 3.63) is 59.1 Å². The first-order chi connectivity index (χ1) is 9.38. The van der Waals surface area contributed by atoms with E-state index in [0.29, 0.717) is 5.02 Å². The topological polar surface area (TPSA) is 89.3 Å². The molecule has 7 heteroatoms. The number of primary amides is 1. The van der Waals surface area contributed by atoms with Crippen molar-refractivity contribution in [3.8, 4) is 0 Å². The summed E-state index contributed by atoms with van der Waals surface area (Å²) in [6.45, 7) is 0. The molecule has 1 amide bonds. The molecule has 0 spiro atoms. The molecule has 3 N–H and O–H groups in total. The van der Waals surface area contributed by atoms with Crippen LogP contribution in [0.4, 0.5) is 5.69 Å². The van der Waals surface area contributed by atoms with Gasteiger partial charge in [-0.2, -0.15) is 0 Å². The number of rotatable bonds is 4. The molecule has 0 unspecified atom stereocenters. The number of nitrogens with two attached hydrogens (primary N) is 1. The van der Waals surface area contributed by atoms with Gasteiger partial charge in [-0.1, -0.05) is 23.7 Å². The van der Waals surface area contributed by atoms with Crippen LogP contribution in [0.25, 0.3) is 0 Å². The van der Waals surface area contributed by atoms with Crippen molar-refractivity contribution in [2.24, 2.45) is 5.73 Å². The number of benzene rings is 2. The highest BCUT2D eigenvalue weighted by Gasteiger charge is 2.15. The fraction of sp³-hybridized carbons (Fsp3) is 0. The molecular formula is C13H11ClN2O3S. The van der Waals surface area contributed by atoms with Gasteiger partial charge in [0, 0.05) is 16.3 Å². The molecule has 0 fully saturated rings. The average Bonchev–Trinajstić information content (AvgIpc) is 2.38. The van der Waals surface area contributed by atoms with E-state index < -0.39 is 15.9 Å². The first-order valence-electron chi connectivity index (χ1n) is 5.57. The molecule has 0 bridgehead atoms. The van der Waals surface area contributed by atoms with Gasteiger partial charge in [0.15, 0.2) is 0 Å². The molecule has 0 radical (unpaired) electrons. The maximum Gasteiger partial charge on any atom is 0.261 e. The van der Waals surface area contributed by atoms with E-state index in [2.05, 4.69) is 4.72 Å². The molecule has 0 heterocycles. The summed E-state index contributed by atoms with van der Waals surface area (Å²) in [5, 5.41) is 0.318. The SMILES string of the molecule is NC(=O)c1cccc(NS(=O)(=O)c2cccc(Cl)c2)c1. The van der Waals surface area contributed by atoms with E-state index in [0.717, 1.165) is 0 Å². The quantitative estimate of drug-likeness (QED) is 0.907. The fourth-order valence-corrected chi connectivity index (χ4v) is 2.93. The van der Waals surface area contributed by atoms with Crippen molar-refractivity contribution in [1.82, 2.24) is 0 Å². The Hall–Kier alpha value is -2.05. The number of hydrogen-bond acceptors (Lipinski definition) is 3. The third kappa shape index (κ3) is 3.28. The van der Waals surface area contributed by atoms with Gasteiger partial charge in [0.1, 0.15) is 0 Å². The zero-order valence-corrected chi connectivity index (χ0v) is 11.8. The van der Waals surface area contributed by atoms with Crippen LogP contribution in [0.1, 0.15) is 10.4 Å². The van der Waals surface area contributed by atoms with Crippen LogP contribution < -0.4 is 10.5 Å². The van der Waals surface area contributed by atoms with Crippen molar-refractivity contribution < 1.29 is 13.2 Å². The molecule has 0 aromatic heterocycles. The first-order valence-corrected chi connectivity index (χ1v) is 7.43. The molecule has 20 heavy (non-hydrogen) atoms. The van der Waals surface area contributed by atoms with Gasteiger partial charge in [0.25, 0.3) is 10.0 Å². The number of anilines is 1. The largest absolute Gasteiger partial charge is 0.366 e. The normalized spacial score (nSPS) is 11.1. The Morgan fingerprint density at radius 2 is 1.80 bits per heavy atom. The number of nitrogens with one attached hydrogen (secondary N) is 1. The highest BCUT2D eigenvalue weighted by molar-refractivity contribution is 7.92. The maximum atomic E-state index is 12.1. The summed E-state index contributed by atoms with van der Waals surface area (Å²) in [5.41, 5.74) is 5.61. The van der Waals surface area contributed by atoms with Crippen molar-refractivity contribution in [1.29, 1.82) is 0 Å². The highest BCUT2D eigenvalue weighted by Crippen LogP contribution is 2.19. The van der Waals surface area contributed by atoms with Gasteiger partial charge >= 0.3 is 0 Å². The molecule has 0 aliphatic heterocycles. The summed E-state index contributed by atoms with van der Waals surface area (Å²) in [5.74, 6) is -0.631. The van der Waals surface area contributed by atoms with Crippen LogP contribution in [0.3, 0.4) is 0 Å². The van der Waals surface area contributed by atoms with Crippen LogP contribution in [0.15, 0.2) is 53.4 Å². The molecule has 0 atom stereocenters. The number of halogens is 1. The highest BCUT2D eigenvalue weighted by atomic mass is 35.5. The van der Waals surface area contributed by atoms with Crippen LogP contribution in [0, 0.1) is 0 Å². The number of amides is 1. The molecular weight excluding hydrogens is 300 g/mol. The lowest BCUT2D eigenvalue weighted by Gasteiger charge is -2.09. The Morgan fingerprint density at radius 1 is 1.10 bits per heavy atom. The van der Waals surface area contributed by atoms with E-state index >= 15 is 0 Å². The second kappa shape index (κ2) is 5.52. The zero-order chi connectivity index (χ0) is 14.8. The summed E-state index contributed by atoms with van der Waals surface area (Å²) in [6, 6.07) is 11.8. The third-order valence-electron chi connectivity index (χ3n) is 2.51. The van der Waals surface area contributed by atoms with E-state index in [1.54, 1.807) is 6.07 Å². The van der Waals surface area contributed by atoms with Crippen molar-refractivity contribution in [2.45, 2.75) is 4.90 Å². The smallest absolute Gasteiger partial charge is 0.261 e. The molecule has 104 valence electrons. The van der Waals surface area contributed by atoms with E-state index in [1.807, 2.05) is 0 Å². The predicted molar refractivity (Wildman–Crippen MR) is 77.2 cm³/mol. The van der Waals surface area contributed by atoms with Gasteiger partial charge in [0.2, 0.25) is 5.91 Å². The third-order valence-corrected chi connectivity index (χ3v) is 4.12. The number of carbonyl (C=O) groups excluding carboxylic acids is 1. The van der Waals surface area contributed by atoms with Crippen molar-refractivity contribution in [2.75, 3.05) is 4.72 Å². The fourth-order valence-electron chi connectivity index (χ4n) is 1.58.